The van der Waals surface area contributed by atoms with Crippen LogP contribution in [0, 0.1) is 0 Å². The maximum atomic E-state index is 12.4. The van der Waals surface area contributed by atoms with Gasteiger partial charge in [0.2, 0.25) is 5.76 Å². The van der Waals surface area contributed by atoms with E-state index in [1.165, 1.54) is 0 Å². The van der Waals surface area contributed by atoms with Gasteiger partial charge < -0.3 is 14.7 Å². The first-order chi connectivity index (χ1) is 12.4. The minimum atomic E-state index is -0.318. The average Bonchev–Trinajstić information content (AvgIpc) is 3.23. The van der Waals surface area contributed by atoms with Gasteiger partial charge in [0.1, 0.15) is 5.69 Å². The van der Waals surface area contributed by atoms with Crippen LogP contribution in [0.2, 0.25) is 5.02 Å². The van der Waals surface area contributed by atoms with Crippen molar-refractivity contribution in [2.75, 3.05) is 20.6 Å². The lowest BCUT2D eigenvalue weighted by Crippen LogP contribution is -2.34. The number of nitrogens with zero attached hydrogens (tertiary/aromatic N) is 4. The predicted molar refractivity (Wildman–Crippen MR) is 98.9 cm³/mol. The smallest absolute Gasteiger partial charge is 0.289 e. The normalized spacial score (nSPS) is 12.3. The van der Waals surface area contributed by atoms with Gasteiger partial charge in [-0.1, -0.05) is 28.9 Å². The van der Waals surface area contributed by atoms with E-state index in [1.54, 1.807) is 23.1 Å². The number of hydrogen-bond acceptors (Lipinski definition) is 5. The summed E-state index contributed by atoms with van der Waals surface area (Å²) in [6.07, 6.45) is 3.47. The second-order valence-electron chi connectivity index (χ2n) is 6.22. The number of benzene rings is 1. The van der Waals surface area contributed by atoms with Gasteiger partial charge in [0.25, 0.3) is 5.91 Å². The van der Waals surface area contributed by atoms with Crippen LogP contribution in [0.3, 0.4) is 0 Å². The fourth-order valence-corrected chi connectivity index (χ4v) is 2.86. The van der Waals surface area contributed by atoms with Crippen molar-refractivity contribution in [3.63, 3.8) is 0 Å². The van der Waals surface area contributed by atoms with Crippen LogP contribution in [0.4, 0.5) is 0 Å². The highest BCUT2D eigenvalue weighted by Crippen LogP contribution is 2.22. The van der Waals surface area contributed by atoms with Crippen LogP contribution in [0.25, 0.3) is 11.3 Å². The Morgan fingerprint density at radius 1 is 1.38 bits per heavy atom. The molecule has 2 heterocycles. The fraction of sp³-hybridized carbons (Fsp3) is 0.278. The second-order valence-corrected chi connectivity index (χ2v) is 6.66. The Bertz CT molecular complexity index is 902. The number of carbonyl (C=O) groups is 1. The summed E-state index contributed by atoms with van der Waals surface area (Å²) in [6, 6.07) is 9.19. The summed E-state index contributed by atoms with van der Waals surface area (Å²) < 4.78 is 6.84. The molecule has 26 heavy (non-hydrogen) atoms. The first-order valence-electron chi connectivity index (χ1n) is 8.10. The van der Waals surface area contributed by atoms with Crippen molar-refractivity contribution in [1.82, 2.24) is 25.2 Å². The van der Waals surface area contributed by atoms with E-state index in [4.69, 9.17) is 16.1 Å². The third kappa shape index (κ3) is 4.12. The van der Waals surface area contributed by atoms with Gasteiger partial charge in [0.15, 0.2) is 0 Å². The van der Waals surface area contributed by atoms with Crippen molar-refractivity contribution < 1.29 is 9.32 Å². The van der Waals surface area contributed by atoms with E-state index in [0.29, 0.717) is 17.3 Å². The summed E-state index contributed by atoms with van der Waals surface area (Å²) >= 11 is 6.08. The van der Waals surface area contributed by atoms with Crippen LogP contribution >= 0.6 is 11.6 Å². The molecule has 0 aliphatic carbocycles. The molecular formula is C18H20ClN5O2. The molecule has 0 aliphatic rings. The third-order valence-corrected chi connectivity index (χ3v) is 4.28. The third-order valence-electron chi connectivity index (χ3n) is 4.05. The molecule has 7 nitrogen and oxygen atoms in total. The first-order valence-corrected chi connectivity index (χ1v) is 8.47. The van der Waals surface area contributed by atoms with Crippen molar-refractivity contribution in [3.05, 3.63) is 59.1 Å². The predicted octanol–water partition coefficient (Wildman–Crippen LogP) is 2.76. The largest absolute Gasteiger partial charge is 0.350 e. The summed E-state index contributed by atoms with van der Waals surface area (Å²) in [4.78, 5) is 14.4. The molecule has 1 atom stereocenters. The number of nitrogens with one attached hydrogen (secondary N) is 1. The van der Waals surface area contributed by atoms with E-state index in [1.807, 2.05) is 50.3 Å². The number of rotatable bonds is 6. The van der Waals surface area contributed by atoms with E-state index in [2.05, 4.69) is 15.6 Å². The van der Waals surface area contributed by atoms with Crippen molar-refractivity contribution >= 4 is 17.5 Å². The minimum Gasteiger partial charge on any atom is -0.350 e. The Kier molecular flexibility index (Phi) is 5.39. The molecule has 3 rings (SSSR count). The van der Waals surface area contributed by atoms with E-state index in [9.17, 15) is 4.79 Å². The van der Waals surface area contributed by atoms with Crippen LogP contribution in [0.1, 0.15) is 22.2 Å². The fourth-order valence-electron chi connectivity index (χ4n) is 2.66. The molecule has 1 unspecified atom stereocenters. The topological polar surface area (TPSA) is 76.2 Å². The van der Waals surface area contributed by atoms with Gasteiger partial charge in [0.05, 0.1) is 12.2 Å². The first kappa shape index (κ1) is 18.2. The number of hydrogen-bond donors (Lipinski definition) is 1. The quantitative estimate of drug-likeness (QED) is 0.719. The monoisotopic (exact) mass is 373 g/mol. The lowest BCUT2D eigenvalue weighted by molar-refractivity contribution is 0.0905. The van der Waals surface area contributed by atoms with Crippen LogP contribution < -0.4 is 5.32 Å². The van der Waals surface area contributed by atoms with Crippen molar-refractivity contribution in [2.45, 2.75) is 6.04 Å². The molecule has 0 spiro atoms. The number of aromatic nitrogens is 3. The van der Waals surface area contributed by atoms with Gasteiger partial charge in [-0.05, 0) is 31.8 Å². The zero-order valence-electron chi connectivity index (χ0n) is 14.8. The van der Waals surface area contributed by atoms with Crippen LogP contribution in [0.5, 0.6) is 0 Å². The van der Waals surface area contributed by atoms with Crippen LogP contribution in [-0.2, 0) is 7.05 Å². The number of likely N-dealkylation sites (N-methyl/N-ethyl adjacent to an activating group) is 1. The van der Waals surface area contributed by atoms with Gasteiger partial charge in [-0.2, -0.15) is 5.10 Å². The van der Waals surface area contributed by atoms with E-state index in [-0.39, 0.29) is 17.7 Å². The summed E-state index contributed by atoms with van der Waals surface area (Å²) in [5.41, 5.74) is 2.39. The van der Waals surface area contributed by atoms with Crippen molar-refractivity contribution in [1.29, 1.82) is 0 Å². The highest BCUT2D eigenvalue weighted by Gasteiger charge is 2.19. The molecule has 0 fully saturated rings. The lowest BCUT2D eigenvalue weighted by atomic mass is 10.1. The molecule has 1 N–H and O–H groups in total. The van der Waals surface area contributed by atoms with Crippen molar-refractivity contribution in [3.8, 4) is 11.3 Å². The second kappa shape index (κ2) is 7.72. The van der Waals surface area contributed by atoms with Crippen LogP contribution in [-0.4, -0.2) is 46.4 Å². The summed E-state index contributed by atoms with van der Waals surface area (Å²) in [5, 5.41) is 11.6. The minimum absolute atomic E-state index is 0.0154. The Hall–Kier alpha value is -2.64. The van der Waals surface area contributed by atoms with E-state index < -0.39 is 0 Å². The molecule has 0 saturated heterocycles. The van der Waals surface area contributed by atoms with Gasteiger partial charge in [-0.15, -0.1) is 0 Å². The highest BCUT2D eigenvalue weighted by molar-refractivity contribution is 6.30. The van der Waals surface area contributed by atoms with Gasteiger partial charge >= 0.3 is 0 Å². The molecule has 136 valence electrons. The molecular weight excluding hydrogens is 354 g/mol. The molecule has 0 radical (unpaired) electrons. The summed E-state index contributed by atoms with van der Waals surface area (Å²) in [7, 11) is 5.72. The van der Waals surface area contributed by atoms with Gasteiger partial charge in [0, 0.05) is 36.4 Å². The molecule has 2 aromatic heterocycles. The molecule has 0 bridgehead atoms. The van der Waals surface area contributed by atoms with Gasteiger partial charge in [-0.25, -0.2) is 0 Å². The zero-order valence-corrected chi connectivity index (χ0v) is 15.6. The lowest BCUT2D eigenvalue weighted by Gasteiger charge is -2.25. The highest BCUT2D eigenvalue weighted by atomic mass is 35.5. The number of carbonyl (C=O) groups excluding carboxylic acids is 1. The van der Waals surface area contributed by atoms with E-state index in [0.717, 1.165) is 11.1 Å². The maximum Gasteiger partial charge on any atom is 0.289 e. The standard InChI is InChI=1S/C18H20ClN5O2/c1-23(2)16(12-5-4-6-14(19)7-12)10-20-18(25)17-8-15(22-26-17)13-9-21-24(3)11-13/h4-9,11,16H,10H2,1-3H3,(H,20,25). The number of amides is 1. The van der Waals surface area contributed by atoms with Gasteiger partial charge in [-0.3, -0.25) is 9.48 Å². The Morgan fingerprint density at radius 2 is 2.19 bits per heavy atom. The Balaban J connectivity index is 1.68. The molecule has 1 aromatic carbocycles. The molecule has 0 saturated carbocycles. The summed E-state index contributed by atoms with van der Waals surface area (Å²) in [5.74, 6) is -0.158. The molecule has 1 amide bonds. The molecule has 0 aliphatic heterocycles. The van der Waals surface area contributed by atoms with Crippen molar-refractivity contribution in [2.24, 2.45) is 7.05 Å². The molecule has 8 heteroatoms. The van der Waals surface area contributed by atoms with E-state index >= 15 is 0 Å². The number of halogens is 1. The Labute approximate surface area is 156 Å². The number of aryl methyl sites for hydroxylation is 1. The SMILES string of the molecule is CN(C)C(CNC(=O)c1cc(-c2cnn(C)c2)no1)c1cccc(Cl)c1. The zero-order chi connectivity index (χ0) is 18.7. The average molecular weight is 374 g/mol. The summed E-state index contributed by atoms with van der Waals surface area (Å²) in [6.45, 7) is 0.412. The molecule has 3 aromatic rings. The Morgan fingerprint density at radius 3 is 2.85 bits per heavy atom. The van der Waals surface area contributed by atoms with Crippen LogP contribution in [0.15, 0.2) is 47.2 Å². The maximum absolute atomic E-state index is 12.4.